The van der Waals surface area contributed by atoms with Gasteiger partial charge in [0.2, 0.25) is 10.0 Å². The number of nitrogens with one attached hydrogen (secondary N) is 1. The Morgan fingerprint density at radius 3 is 2.09 bits per heavy atom. The van der Waals surface area contributed by atoms with Crippen LogP contribution in [0.1, 0.15) is 51.2 Å². The molecule has 0 heterocycles. The van der Waals surface area contributed by atoms with Crippen LogP contribution in [0.4, 0.5) is 13.2 Å². The van der Waals surface area contributed by atoms with E-state index in [4.69, 9.17) is 15.3 Å². The van der Waals surface area contributed by atoms with Gasteiger partial charge in [0, 0.05) is 0 Å². The third-order valence-electron chi connectivity index (χ3n) is 6.47. The number of fused-ring (bicyclic) bond motifs is 2. The van der Waals surface area contributed by atoms with Gasteiger partial charge in [0.05, 0.1) is 33.3 Å². The number of hydrogen-bond acceptors (Lipinski definition) is 7. The number of rotatable bonds is 2. The minimum absolute atomic E-state index is 0. The van der Waals surface area contributed by atoms with Gasteiger partial charge < -0.3 is 20.3 Å². The van der Waals surface area contributed by atoms with Crippen LogP contribution in [0, 0.1) is 22.7 Å². The van der Waals surface area contributed by atoms with Crippen molar-refractivity contribution in [3.63, 3.8) is 0 Å². The Morgan fingerprint density at radius 1 is 1.22 bits per heavy atom. The first-order chi connectivity index (χ1) is 14.4. The molecule has 0 spiro atoms. The summed E-state index contributed by atoms with van der Waals surface area (Å²) in [7, 11) is -3.21. The first-order valence-electron chi connectivity index (χ1n) is 9.55. The van der Waals surface area contributed by atoms with Crippen LogP contribution in [-0.4, -0.2) is 54.6 Å². The van der Waals surface area contributed by atoms with E-state index in [0.29, 0.717) is 12.0 Å². The Hall–Kier alpha value is -1.69. The second kappa shape index (κ2) is 9.66. The van der Waals surface area contributed by atoms with E-state index >= 15 is 0 Å². The molecular weight excluding hydrogens is 452 g/mol. The minimum atomic E-state index is -4.84. The zero-order chi connectivity index (χ0) is 25.2. The van der Waals surface area contributed by atoms with Crippen molar-refractivity contribution in [3.8, 4) is 6.07 Å². The van der Waals surface area contributed by atoms with Crippen LogP contribution in [0.25, 0.3) is 0 Å². The quantitative estimate of drug-likeness (QED) is 0.401. The molecule has 1 radical (unpaired) electrons. The summed E-state index contributed by atoms with van der Waals surface area (Å²) in [5, 5.41) is 42.8. The normalized spacial score (nSPS) is 28.0. The van der Waals surface area contributed by atoms with Crippen molar-refractivity contribution in [2.75, 3.05) is 7.05 Å². The highest BCUT2D eigenvalue weighted by Crippen LogP contribution is 2.65. The molecule has 3 aliphatic carbocycles. The summed E-state index contributed by atoms with van der Waals surface area (Å²) in [6, 6.07) is 3.80. The average Bonchev–Trinajstić information content (AvgIpc) is 2.69. The molecule has 179 valence electrons. The van der Waals surface area contributed by atoms with Crippen molar-refractivity contribution in [2.24, 2.45) is 11.3 Å². The van der Waals surface area contributed by atoms with Crippen LogP contribution < -0.4 is 4.72 Å². The molecule has 13 heteroatoms. The fourth-order valence-corrected chi connectivity index (χ4v) is 5.22. The van der Waals surface area contributed by atoms with Crippen LogP contribution in [0.3, 0.4) is 0 Å². The molecule has 3 atom stereocenters. The van der Waals surface area contributed by atoms with Gasteiger partial charge in [-0.05, 0) is 62.8 Å². The van der Waals surface area contributed by atoms with Crippen molar-refractivity contribution in [3.05, 3.63) is 29.3 Å². The van der Waals surface area contributed by atoms with E-state index in [2.05, 4.69) is 13.8 Å². The number of hydrogen-bond donors (Lipinski definition) is 5. The lowest BCUT2D eigenvalue weighted by atomic mass is 9.41. The molecule has 3 saturated carbocycles. The van der Waals surface area contributed by atoms with Crippen molar-refractivity contribution < 1.29 is 41.9 Å². The molecule has 3 aliphatic rings. The van der Waals surface area contributed by atoms with E-state index in [0.717, 1.165) is 38.4 Å². The van der Waals surface area contributed by atoms with Crippen molar-refractivity contribution in [2.45, 2.75) is 62.3 Å². The summed E-state index contributed by atoms with van der Waals surface area (Å²) in [6.07, 6.45) is -2.25. The molecule has 1 aromatic rings. The highest BCUT2D eigenvalue weighted by Gasteiger charge is 2.69. The molecule has 2 bridgehead atoms. The number of benzene rings is 1. The molecule has 0 saturated heterocycles. The monoisotopic (exact) mass is 479 g/mol. The van der Waals surface area contributed by atoms with E-state index in [1.165, 1.54) is 6.07 Å². The number of halogens is 3. The molecule has 1 aromatic carbocycles. The maximum Gasteiger partial charge on any atom is 0.482 e. The maximum atomic E-state index is 12.6. The van der Waals surface area contributed by atoms with Crippen molar-refractivity contribution in [1.29, 1.82) is 5.26 Å². The second-order valence-corrected chi connectivity index (χ2v) is 10.3. The summed E-state index contributed by atoms with van der Waals surface area (Å²) in [4.78, 5) is -0.897. The Labute approximate surface area is 186 Å². The van der Waals surface area contributed by atoms with Gasteiger partial charge in [0.15, 0.2) is 0 Å². The van der Waals surface area contributed by atoms with E-state index in [9.17, 15) is 31.8 Å². The topological polar surface area (TPSA) is 151 Å². The maximum absolute atomic E-state index is 12.6. The number of sulfonamides is 1. The predicted molar refractivity (Wildman–Crippen MR) is 109 cm³/mol. The zero-order valence-electron chi connectivity index (χ0n) is 18.1. The van der Waals surface area contributed by atoms with Gasteiger partial charge in [-0.2, -0.15) is 18.4 Å². The molecular formula is C19H27BF3N2O6S. The molecule has 3 unspecified atom stereocenters. The van der Waals surface area contributed by atoms with Gasteiger partial charge in [0.1, 0.15) is 0 Å². The Balaban J connectivity index is 0.000000296. The predicted octanol–water partition coefficient (Wildman–Crippen LogP) is 1.30. The van der Waals surface area contributed by atoms with E-state index in [1.807, 2.05) is 0 Å². The largest absolute Gasteiger partial charge is 0.482 e. The molecule has 0 aromatic heterocycles. The van der Waals surface area contributed by atoms with Gasteiger partial charge in [-0.15, -0.1) is 0 Å². The number of alkyl halides is 3. The van der Waals surface area contributed by atoms with Crippen molar-refractivity contribution in [1.82, 2.24) is 4.72 Å². The summed E-state index contributed by atoms with van der Waals surface area (Å²) in [5.74, 6) is 0.614. The first-order valence-corrected chi connectivity index (χ1v) is 11.0. The SMILES string of the molecule is CC1(O)CCC2CC1(O)C2(C)C.CNS(=O)(=O)c1ccc(C#N)cc1C(F)(F)F.O[B]O. The Morgan fingerprint density at radius 2 is 1.75 bits per heavy atom. The lowest BCUT2D eigenvalue weighted by Crippen LogP contribution is -2.74. The van der Waals surface area contributed by atoms with Crippen LogP contribution in [-0.2, 0) is 16.2 Å². The third-order valence-corrected chi connectivity index (χ3v) is 7.94. The first kappa shape index (κ1) is 28.3. The highest BCUT2D eigenvalue weighted by atomic mass is 32.2. The number of nitriles is 1. The second-order valence-electron chi connectivity index (χ2n) is 8.44. The summed E-state index contributed by atoms with van der Waals surface area (Å²) in [5.41, 5.74) is -3.40. The molecule has 32 heavy (non-hydrogen) atoms. The summed E-state index contributed by atoms with van der Waals surface area (Å²) >= 11 is 0. The van der Waals surface area contributed by atoms with Gasteiger partial charge in [-0.3, -0.25) is 0 Å². The molecule has 4 rings (SSSR count). The average molecular weight is 479 g/mol. The molecule has 5 N–H and O–H groups in total. The summed E-state index contributed by atoms with van der Waals surface area (Å²) in [6.45, 7) is 5.90. The fourth-order valence-electron chi connectivity index (χ4n) is 4.29. The zero-order valence-corrected chi connectivity index (χ0v) is 18.9. The summed E-state index contributed by atoms with van der Waals surface area (Å²) < 4.78 is 62.4. The number of nitrogens with zero attached hydrogens (tertiary/aromatic N) is 1. The van der Waals surface area contributed by atoms with Gasteiger partial charge in [-0.25, -0.2) is 13.1 Å². The molecule has 3 fully saturated rings. The van der Waals surface area contributed by atoms with Crippen LogP contribution in [0.2, 0.25) is 0 Å². The van der Waals surface area contributed by atoms with E-state index in [-0.39, 0.29) is 18.7 Å². The van der Waals surface area contributed by atoms with Gasteiger partial charge in [0.25, 0.3) is 0 Å². The Kier molecular flexibility index (Phi) is 8.56. The molecule has 0 aliphatic heterocycles. The Bertz CT molecular complexity index is 953. The smallest absolute Gasteiger partial charge is 0.429 e. The molecule has 0 amide bonds. The van der Waals surface area contributed by atoms with Gasteiger partial charge in [-0.1, -0.05) is 13.8 Å². The van der Waals surface area contributed by atoms with Crippen LogP contribution in [0.5, 0.6) is 0 Å². The van der Waals surface area contributed by atoms with Crippen molar-refractivity contribution >= 4 is 17.7 Å². The van der Waals surface area contributed by atoms with Crippen LogP contribution >= 0.6 is 0 Å². The fraction of sp³-hybridized carbons (Fsp3) is 0.632. The third kappa shape index (κ3) is 5.27. The number of aliphatic hydroxyl groups is 2. The van der Waals surface area contributed by atoms with Crippen LogP contribution in [0.15, 0.2) is 23.1 Å². The highest BCUT2D eigenvalue weighted by molar-refractivity contribution is 7.89. The standard InChI is InChI=1S/C10H18O2.C9H7F3N2O2S.BH2O2/c1-8(2)7-4-5-9(3,11)10(8,12)6-7;1-14-17(15,16)8-3-2-6(5-13)4-7(8)9(10,11)12;2-1-3/h7,11-12H,4-6H2,1-3H3;2-4,14H,1H3;2-3H. The lowest BCUT2D eigenvalue weighted by molar-refractivity contribution is -0.312. The van der Waals surface area contributed by atoms with E-state index in [1.54, 1.807) is 11.6 Å². The van der Waals surface area contributed by atoms with E-state index < -0.39 is 37.9 Å². The van der Waals surface area contributed by atoms with Gasteiger partial charge >= 0.3 is 13.9 Å². The minimum Gasteiger partial charge on any atom is -0.429 e. The lowest BCUT2D eigenvalue weighted by Gasteiger charge is -2.68. The molecule has 8 nitrogen and oxygen atoms in total.